The summed E-state index contributed by atoms with van der Waals surface area (Å²) in [6.45, 7) is 2.03. The molecule has 0 aromatic carbocycles. The van der Waals surface area contributed by atoms with Crippen LogP contribution in [-0.2, 0) is 0 Å². The van der Waals surface area contributed by atoms with Gasteiger partial charge in [0.05, 0.1) is 5.69 Å². The van der Waals surface area contributed by atoms with Crippen LogP contribution in [0.15, 0.2) is 18.3 Å². The largest absolute Gasteiger partial charge is 0.397 e. The summed E-state index contributed by atoms with van der Waals surface area (Å²) in [5, 5.41) is 12.6. The highest BCUT2D eigenvalue weighted by Gasteiger charge is 2.19. The normalized spacial score (nSPS) is 12.5. The molecule has 2 aromatic heterocycles. The number of hydrogen-bond donors (Lipinski definition) is 3. The van der Waals surface area contributed by atoms with Crippen molar-refractivity contribution in [2.75, 3.05) is 12.3 Å². The quantitative estimate of drug-likeness (QED) is 0.778. The first-order valence-electron chi connectivity index (χ1n) is 6.22. The van der Waals surface area contributed by atoms with Crippen LogP contribution in [0.2, 0.25) is 0 Å². The summed E-state index contributed by atoms with van der Waals surface area (Å²) in [6.07, 6.45) is 3.00. The minimum Gasteiger partial charge on any atom is -0.397 e. The minimum absolute atomic E-state index is 0.0323. The fraction of sp³-hybridized carbons (Fsp3) is 0.385. The van der Waals surface area contributed by atoms with Crippen LogP contribution in [0.5, 0.6) is 0 Å². The molecule has 2 heterocycles. The van der Waals surface area contributed by atoms with Crippen molar-refractivity contribution in [2.45, 2.75) is 25.8 Å². The van der Waals surface area contributed by atoms with Crippen LogP contribution in [0.4, 0.5) is 5.69 Å². The van der Waals surface area contributed by atoms with Crippen molar-refractivity contribution in [2.24, 2.45) is 0 Å². The number of thiophene rings is 1. The Balaban J connectivity index is 2.24. The summed E-state index contributed by atoms with van der Waals surface area (Å²) in [5.41, 5.74) is 6.47. The van der Waals surface area contributed by atoms with Crippen molar-refractivity contribution in [3.05, 3.63) is 23.2 Å². The zero-order valence-corrected chi connectivity index (χ0v) is 11.5. The first-order valence-corrected chi connectivity index (χ1v) is 7.03. The van der Waals surface area contributed by atoms with Gasteiger partial charge in [0.1, 0.15) is 9.71 Å². The highest BCUT2D eigenvalue weighted by Crippen LogP contribution is 2.31. The Morgan fingerprint density at radius 3 is 3.05 bits per heavy atom. The van der Waals surface area contributed by atoms with E-state index in [0.29, 0.717) is 17.0 Å². The van der Waals surface area contributed by atoms with Crippen LogP contribution in [0.3, 0.4) is 0 Å². The van der Waals surface area contributed by atoms with Crippen molar-refractivity contribution < 1.29 is 9.90 Å². The summed E-state index contributed by atoms with van der Waals surface area (Å²) in [6, 6.07) is 3.62. The Kier molecular flexibility index (Phi) is 4.34. The molecule has 0 fully saturated rings. The Hall–Kier alpha value is -1.66. The van der Waals surface area contributed by atoms with Crippen LogP contribution >= 0.6 is 11.3 Å². The summed E-state index contributed by atoms with van der Waals surface area (Å²) in [7, 11) is 0. The number of carbonyl (C=O) groups is 1. The number of pyridine rings is 1. The molecular formula is C13H17N3O2S. The number of hydrogen-bond acceptors (Lipinski definition) is 5. The van der Waals surface area contributed by atoms with Crippen molar-refractivity contribution in [3.63, 3.8) is 0 Å². The van der Waals surface area contributed by atoms with E-state index < -0.39 is 0 Å². The molecule has 5 nitrogen and oxygen atoms in total. The van der Waals surface area contributed by atoms with Gasteiger partial charge < -0.3 is 16.2 Å². The number of nitrogens with two attached hydrogens (primary N) is 1. The molecule has 102 valence electrons. The molecule has 0 spiro atoms. The Bertz CT molecular complexity index is 582. The zero-order chi connectivity index (χ0) is 13.8. The average molecular weight is 279 g/mol. The smallest absolute Gasteiger partial charge is 0.263 e. The summed E-state index contributed by atoms with van der Waals surface area (Å²) >= 11 is 1.29. The molecule has 0 aliphatic rings. The molecule has 1 unspecified atom stereocenters. The van der Waals surface area contributed by atoms with Crippen molar-refractivity contribution in [3.8, 4) is 0 Å². The SMILES string of the molecule is CCC(CCO)NC(=O)c1sc2ncccc2c1N. The minimum atomic E-state index is -0.194. The predicted octanol–water partition coefficient (Wildman–Crippen LogP) is 1.77. The monoisotopic (exact) mass is 279 g/mol. The van der Waals surface area contributed by atoms with Gasteiger partial charge in [-0.25, -0.2) is 4.98 Å². The number of aromatic nitrogens is 1. The predicted molar refractivity (Wildman–Crippen MR) is 77.3 cm³/mol. The second kappa shape index (κ2) is 5.99. The standard InChI is InChI=1S/C13H17N3O2S/c1-2-8(5-7-17)16-12(18)11-10(14)9-4-3-6-15-13(9)19-11/h3-4,6,8,17H,2,5,7,14H2,1H3,(H,16,18). The van der Waals surface area contributed by atoms with E-state index in [2.05, 4.69) is 10.3 Å². The van der Waals surface area contributed by atoms with Gasteiger partial charge in [0.2, 0.25) is 0 Å². The van der Waals surface area contributed by atoms with E-state index in [4.69, 9.17) is 10.8 Å². The second-order valence-electron chi connectivity index (χ2n) is 4.29. The molecule has 0 aliphatic carbocycles. The van der Waals surface area contributed by atoms with Crippen LogP contribution in [0.25, 0.3) is 10.2 Å². The van der Waals surface area contributed by atoms with Crippen LogP contribution in [-0.4, -0.2) is 28.6 Å². The van der Waals surface area contributed by atoms with E-state index in [0.717, 1.165) is 16.6 Å². The van der Waals surface area contributed by atoms with E-state index in [1.165, 1.54) is 11.3 Å². The molecule has 2 aromatic rings. The number of anilines is 1. The fourth-order valence-corrected chi connectivity index (χ4v) is 2.87. The van der Waals surface area contributed by atoms with E-state index in [-0.39, 0.29) is 18.6 Å². The number of carbonyl (C=O) groups excluding carboxylic acids is 1. The lowest BCUT2D eigenvalue weighted by atomic mass is 10.1. The molecule has 6 heteroatoms. The molecule has 4 N–H and O–H groups in total. The summed E-state index contributed by atoms with van der Waals surface area (Å²) < 4.78 is 0. The summed E-state index contributed by atoms with van der Waals surface area (Å²) in [4.78, 5) is 17.6. The van der Waals surface area contributed by atoms with Crippen molar-refractivity contribution in [1.29, 1.82) is 0 Å². The number of aliphatic hydroxyl groups is 1. The van der Waals surface area contributed by atoms with Gasteiger partial charge in [-0.1, -0.05) is 6.92 Å². The molecule has 0 saturated carbocycles. The maximum atomic E-state index is 12.2. The molecular weight excluding hydrogens is 262 g/mol. The fourth-order valence-electron chi connectivity index (χ4n) is 1.90. The number of amides is 1. The maximum Gasteiger partial charge on any atom is 0.263 e. The number of fused-ring (bicyclic) bond motifs is 1. The lowest BCUT2D eigenvalue weighted by Crippen LogP contribution is -2.34. The number of rotatable bonds is 5. The molecule has 1 amide bonds. The van der Waals surface area contributed by atoms with Gasteiger partial charge in [-0.3, -0.25) is 4.79 Å². The molecule has 0 aliphatic heterocycles. The van der Waals surface area contributed by atoms with Gasteiger partial charge in [0.25, 0.3) is 5.91 Å². The van der Waals surface area contributed by atoms with E-state index in [1.54, 1.807) is 12.3 Å². The van der Waals surface area contributed by atoms with Crippen molar-refractivity contribution in [1.82, 2.24) is 10.3 Å². The first-order chi connectivity index (χ1) is 9.17. The highest BCUT2D eigenvalue weighted by molar-refractivity contribution is 7.21. The van der Waals surface area contributed by atoms with E-state index >= 15 is 0 Å². The topological polar surface area (TPSA) is 88.2 Å². The Labute approximate surface area is 115 Å². The van der Waals surface area contributed by atoms with E-state index in [9.17, 15) is 4.79 Å². The van der Waals surface area contributed by atoms with Gasteiger partial charge >= 0.3 is 0 Å². The summed E-state index contributed by atoms with van der Waals surface area (Å²) in [5.74, 6) is -0.194. The average Bonchev–Trinajstić information content (AvgIpc) is 2.76. The van der Waals surface area contributed by atoms with Gasteiger partial charge in [0.15, 0.2) is 0 Å². The van der Waals surface area contributed by atoms with E-state index in [1.807, 2.05) is 13.0 Å². The highest BCUT2D eigenvalue weighted by atomic mass is 32.1. The number of nitrogens with zero attached hydrogens (tertiary/aromatic N) is 1. The Morgan fingerprint density at radius 1 is 1.63 bits per heavy atom. The molecule has 2 rings (SSSR count). The third kappa shape index (κ3) is 2.85. The van der Waals surface area contributed by atoms with Crippen molar-refractivity contribution >= 4 is 33.1 Å². The first kappa shape index (κ1) is 13.8. The molecule has 19 heavy (non-hydrogen) atoms. The lowest BCUT2D eigenvalue weighted by molar-refractivity contribution is 0.0934. The lowest BCUT2D eigenvalue weighted by Gasteiger charge is -2.15. The third-order valence-corrected chi connectivity index (χ3v) is 4.14. The maximum absolute atomic E-state index is 12.2. The van der Waals surface area contributed by atoms with Gasteiger partial charge in [-0.15, -0.1) is 11.3 Å². The molecule has 0 saturated heterocycles. The zero-order valence-electron chi connectivity index (χ0n) is 10.7. The number of aliphatic hydroxyl groups excluding tert-OH is 1. The molecule has 1 atom stereocenters. The van der Waals surface area contributed by atoms with Crippen LogP contribution in [0.1, 0.15) is 29.4 Å². The molecule has 0 bridgehead atoms. The van der Waals surface area contributed by atoms with Gasteiger partial charge in [-0.05, 0) is 25.0 Å². The number of nitrogen functional groups attached to an aromatic ring is 1. The Morgan fingerprint density at radius 2 is 2.42 bits per heavy atom. The molecule has 0 radical (unpaired) electrons. The third-order valence-electron chi connectivity index (χ3n) is 3.02. The van der Waals surface area contributed by atoms with Gasteiger partial charge in [0, 0.05) is 24.2 Å². The second-order valence-corrected chi connectivity index (χ2v) is 5.29. The number of nitrogens with one attached hydrogen (secondary N) is 1. The van der Waals surface area contributed by atoms with Crippen LogP contribution < -0.4 is 11.1 Å². The van der Waals surface area contributed by atoms with Gasteiger partial charge in [-0.2, -0.15) is 0 Å². The van der Waals surface area contributed by atoms with Crippen LogP contribution in [0, 0.1) is 0 Å².